The van der Waals surface area contributed by atoms with Crippen molar-refractivity contribution in [2.45, 2.75) is 0 Å². The lowest BCUT2D eigenvalue weighted by Gasteiger charge is -2.28. The summed E-state index contributed by atoms with van der Waals surface area (Å²) in [5.41, 5.74) is 2.50. The first-order valence-corrected chi connectivity index (χ1v) is 7.25. The van der Waals surface area contributed by atoms with Crippen LogP contribution in [0.2, 0.25) is 0 Å². The third kappa shape index (κ3) is 1.83. The number of halogens is 1. The number of benzene rings is 1. The molecule has 3 aromatic rings. The number of anilines is 1. The van der Waals surface area contributed by atoms with E-state index in [-0.39, 0.29) is 0 Å². The number of tetrazole rings is 1. The van der Waals surface area contributed by atoms with Crippen LogP contribution in [-0.2, 0) is 0 Å². The maximum absolute atomic E-state index is 4.75. The van der Waals surface area contributed by atoms with E-state index in [0.717, 1.165) is 47.5 Å². The highest BCUT2D eigenvalue weighted by molar-refractivity contribution is 9.10. The SMILES string of the molecule is Brc1ccc2nc(N3CCNCC3)c3nnnn3c2c1. The van der Waals surface area contributed by atoms with Gasteiger partial charge in [0, 0.05) is 30.7 Å². The maximum Gasteiger partial charge on any atom is 0.222 e. The van der Waals surface area contributed by atoms with E-state index in [1.165, 1.54) is 0 Å². The van der Waals surface area contributed by atoms with Gasteiger partial charge in [-0.25, -0.2) is 4.98 Å². The Bertz CT molecular complexity index is 778. The Kier molecular flexibility index (Phi) is 2.78. The minimum atomic E-state index is 0.706. The fraction of sp³-hybridized carbons (Fsp3) is 0.333. The molecule has 20 heavy (non-hydrogen) atoms. The van der Waals surface area contributed by atoms with Gasteiger partial charge in [0.2, 0.25) is 5.65 Å². The third-order valence-electron chi connectivity index (χ3n) is 3.48. The summed E-state index contributed by atoms with van der Waals surface area (Å²) in [7, 11) is 0. The fourth-order valence-electron chi connectivity index (χ4n) is 2.50. The predicted molar refractivity (Wildman–Crippen MR) is 78.9 cm³/mol. The van der Waals surface area contributed by atoms with Gasteiger partial charge in [-0.1, -0.05) is 15.9 Å². The molecule has 0 unspecified atom stereocenters. The molecule has 7 nitrogen and oxygen atoms in total. The van der Waals surface area contributed by atoms with Crippen molar-refractivity contribution >= 4 is 38.4 Å². The Labute approximate surface area is 123 Å². The Hall–Kier alpha value is -1.80. The monoisotopic (exact) mass is 333 g/mol. The number of nitrogens with one attached hydrogen (secondary N) is 1. The first-order valence-electron chi connectivity index (χ1n) is 6.46. The normalized spacial score (nSPS) is 16.1. The summed E-state index contributed by atoms with van der Waals surface area (Å²) in [4.78, 5) is 6.98. The van der Waals surface area contributed by atoms with Crippen molar-refractivity contribution in [3.8, 4) is 0 Å². The van der Waals surface area contributed by atoms with Crippen molar-refractivity contribution in [1.82, 2.24) is 30.3 Å². The van der Waals surface area contributed by atoms with Crippen LogP contribution in [0.4, 0.5) is 5.82 Å². The molecule has 2 aromatic heterocycles. The van der Waals surface area contributed by atoms with E-state index < -0.39 is 0 Å². The van der Waals surface area contributed by atoms with Gasteiger partial charge >= 0.3 is 0 Å². The molecule has 1 aromatic carbocycles. The lowest BCUT2D eigenvalue weighted by molar-refractivity contribution is 0.586. The average molecular weight is 334 g/mol. The van der Waals surface area contributed by atoms with Crippen molar-refractivity contribution in [2.24, 2.45) is 0 Å². The lowest BCUT2D eigenvalue weighted by atomic mass is 10.3. The van der Waals surface area contributed by atoms with Crippen LogP contribution in [0, 0.1) is 0 Å². The summed E-state index contributed by atoms with van der Waals surface area (Å²) in [6, 6.07) is 5.94. The van der Waals surface area contributed by atoms with Crippen molar-refractivity contribution in [3.63, 3.8) is 0 Å². The Morgan fingerprint density at radius 2 is 2.05 bits per heavy atom. The summed E-state index contributed by atoms with van der Waals surface area (Å²) in [5, 5.41) is 15.4. The predicted octanol–water partition coefficient (Wildman–Crippen LogP) is 0.845. The first kappa shape index (κ1) is 12.0. The standard InChI is InChI=1S/C12H12BrN7/c13-8-1-2-9-10(7-8)20-12(16-17-18-20)11(15-9)19-5-3-14-4-6-19/h1-2,7,14H,3-6H2. The van der Waals surface area contributed by atoms with Crippen molar-refractivity contribution in [2.75, 3.05) is 31.1 Å². The number of aromatic nitrogens is 5. The van der Waals surface area contributed by atoms with Gasteiger partial charge in [0.15, 0.2) is 5.82 Å². The Balaban J connectivity index is 1.99. The first-order chi connectivity index (χ1) is 9.83. The molecule has 1 aliphatic rings. The van der Waals surface area contributed by atoms with Gasteiger partial charge in [-0.15, -0.1) is 5.10 Å². The number of hydrogen-bond donors (Lipinski definition) is 1. The zero-order valence-electron chi connectivity index (χ0n) is 10.6. The summed E-state index contributed by atoms with van der Waals surface area (Å²) in [6.07, 6.45) is 0. The second-order valence-corrected chi connectivity index (χ2v) is 5.64. The van der Waals surface area contributed by atoms with Crippen LogP contribution in [-0.4, -0.2) is 51.2 Å². The molecule has 0 spiro atoms. The molecule has 3 heterocycles. The van der Waals surface area contributed by atoms with Gasteiger partial charge in [-0.2, -0.15) is 4.52 Å². The number of piperazine rings is 1. The molecular weight excluding hydrogens is 322 g/mol. The highest BCUT2D eigenvalue weighted by atomic mass is 79.9. The molecule has 0 atom stereocenters. The van der Waals surface area contributed by atoms with Crippen LogP contribution in [0.25, 0.3) is 16.7 Å². The Morgan fingerprint density at radius 1 is 1.20 bits per heavy atom. The van der Waals surface area contributed by atoms with E-state index >= 15 is 0 Å². The second kappa shape index (κ2) is 4.64. The van der Waals surface area contributed by atoms with E-state index in [2.05, 4.69) is 41.7 Å². The molecule has 4 rings (SSSR count). The fourth-order valence-corrected chi connectivity index (χ4v) is 2.85. The van der Waals surface area contributed by atoms with Crippen LogP contribution in [0.1, 0.15) is 0 Å². The minimum absolute atomic E-state index is 0.706. The highest BCUT2D eigenvalue weighted by Crippen LogP contribution is 2.24. The minimum Gasteiger partial charge on any atom is -0.351 e. The molecule has 1 aliphatic heterocycles. The van der Waals surface area contributed by atoms with Gasteiger partial charge in [-0.05, 0) is 28.6 Å². The quantitative estimate of drug-likeness (QED) is 0.711. The van der Waals surface area contributed by atoms with Crippen molar-refractivity contribution < 1.29 is 0 Å². The summed E-state index contributed by atoms with van der Waals surface area (Å²) in [6.45, 7) is 3.73. The topological polar surface area (TPSA) is 71.2 Å². The van der Waals surface area contributed by atoms with Gasteiger partial charge in [0.25, 0.3) is 0 Å². The molecule has 0 radical (unpaired) electrons. The lowest BCUT2D eigenvalue weighted by Crippen LogP contribution is -2.44. The van der Waals surface area contributed by atoms with Crippen LogP contribution in [0.5, 0.6) is 0 Å². The van der Waals surface area contributed by atoms with Crippen molar-refractivity contribution in [3.05, 3.63) is 22.7 Å². The molecule has 0 saturated carbocycles. The molecule has 0 amide bonds. The number of hydrogen-bond acceptors (Lipinski definition) is 6. The second-order valence-electron chi connectivity index (χ2n) is 4.72. The van der Waals surface area contributed by atoms with E-state index in [0.29, 0.717) is 5.65 Å². The average Bonchev–Trinajstić information content (AvgIpc) is 2.97. The summed E-state index contributed by atoms with van der Waals surface area (Å²) in [5.74, 6) is 0.853. The van der Waals surface area contributed by atoms with Gasteiger partial charge in [0.05, 0.1) is 11.0 Å². The van der Waals surface area contributed by atoms with Crippen LogP contribution in [0.3, 0.4) is 0 Å². The van der Waals surface area contributed by atoms with Crippen LogP contribution >= 0.6 is 15.9 Å². The van der Waals surface area contributed by atoms with E-state index in [1.807, 2.05) is 18.2 Å². The molecule has 1 N–H and O–H groups in total. The number of rotatable bonds is 1. The molecule has 102 valence electrons. The zero-order valence-corrected chi connectivity index (χ0v) is 12.2. The maximum atomic E-state index is 4.75. The largest absolute Gasteiger partial charge is 0.351 e. The van der Waals surface area contributed by atoms with Gasteiger partial charge in [-0.3, -0.25) is 0 Å². The molecular formula is C12H12BrN7. The Morgan fingerprint density at radius 3 is 2.90 bits per heavy atom. The zero-order chi connectivity index (χ0) is 13.5. The van der Waals surface area contributed by atoms with E-state index in [4.69, 9.17) is 4.98 Å². The smallest absolute Gasteiger partial charge is 0.222 e. The summed E-state index contributed by atoms with van der Waals surface area (Å²) < 4.78 is 2.74. The third-order valence-corrected chi connectivity index (χ3v) is 3.97. The van der Waals surface area contributed by atoms with E-state index in [1.54, 1.807) is 4.52 Å². The highest BCUT2D eigenvalue weighted by Gasteiger charge is 2.19. The molecule has 8 heteroatoms. The molecule has 1 fully saturated rings. The molecule has 0 bridgehead atoms. The number of nitrogens with zero attached hydrogens (tertiary/aromatic N) is 6. The van der Waals surface area contributed by atoms with E-state index in [9.17, 15) is 0 Å². The van der Waals surface area contributed by atoms with Crippen LogP contribution < -0.4 is 10.2 Å². The van der Waals surface area contributed by atoms with Gasteiger partial charge < -0.3 is 10.2 Å². The molecule has 0 aliphatic carbocycles. The van der Waals surface area contributed by atoms with Gasteiger partial charge in [0.1, 0.15) is 0 Å². The van der Waals surface area contributed by atoms with Crippen molar-refractivity contribution in [1.29, 1.82) is 0 Å². The van der Waals surface area contributed by atoms with Crippen LogP contribution in [0.15, 0.2) is 22.7 Å². The molecule has 1 saturated heterocycles. The summed E-state index contributed by atoms with van der Waals surface area (Å²) >= 11 is 3.47. The number of fused-ring (bicyclic) bond motifs is 3.